The SMILES string of the molecule is O=C(O)CN(CC1CC1)C(=O)COCC(F)(F)F. The number of amides is 1. The number of carboxylic acids is 1. The molecular formula is C10H14F3NO4. The molecular weight excluding hydrogens is 255 g/mol. The van der Waals surface area contributed by atoms with E-state index in [9.17, 15) is 22.8 Å². The average Bonchev–Trinajstić information content (AvgIpc) is 2.97. The van der Waals surface area contributed by atoms with Gasteiger partial charge in [-0.3, -0.25) is 9.59 Å². The van der Waals surface area contributed by atoms with Crippen LogP contribution in [0.4, 0.5) is 13.2 Å². The third kappa shape index (κ3) is 6.43. The summed E-state index contributed by atoms with van der Waals surface area (Å²) in [5.41, 5.74) is 0. The minimum atomic E-state index is -4.49. The summed E-state index contributed by atoms with van der Waals surface area (Å²) in [6, 6.07) is 0. The molecule has 0 aliphatic heterocycles. The number of carbonyl (C=O) groups excluding carboxylic acids is 1. The summed E-state index contributed by atoms with van der Waals surface area (Å²) in [7, 11) is 0. The zero-order valence-electron chi connectivity index (χ0n) is 9.57. The lowest BCUT2D eigenvalue weighted by molar-refractivity contribution is -0.178. The number of halogens is 3. The molecule has 1 aliphatic carbocycles. The highest BCUT2D eigenvalue weighted by molar-refractivity contribution is 5.82. The molecule has 104 valence electrons. The van der Waals surface area contributed by atoms with Crippen molar-refractivity contribution < 1.29 is 32.6 Å². The van der Waals surface area contributed by atoms with Crippen LogP contribution in [-0.2, 0) is 14.3 Å². The number of alkyl halides is 3. The minimum absolute atomic E-state index is 0.260. The van der Waals surface area contributed by atoms with Gasteiger partial charge >= 0.3 is 12.1 Å². The van der Waals surface area contributed by atoms with Gasteiger partial charge in [0.2, 0.25) is 5.91 Å². The van der Waals surface area contributed by atoms with Gasteiger partial charge in [-0.15, -0.1) is 0 Å². The molecule has 0 saturated heterocycles. The molecule has 8 heteroatoms. The minimum Gasteiger partial charge on any atom is -0.480 e. The molecule has 1 amide bonds. The van der Waals surface area contributed by atoms with Gasteiger partial charge in [-0.2, -0.15) is 13.2 Å². The summed E-state index contributed by atoms with van der Waals surface area (Å²) in [4.78, 5) is 23.1. The highest BCUT2D eigenvalue weighted by Gasteiger charge is 2.30. The fourth-order valence-corrected chi connectivity index (χ4v) is 1.38. The predicted molar refractivity (Wildman–Crippen MR) is 53.8 cm³/mol. The number of hydrogen-bond acceptors (Lipinski definition) is 3. The van der Waals surface area contributed by atoms with Gasteiger partial charge < -0.3 is 14.7 Å². The van der Waals surface area contributed by atoms with Crippen molar-refractivity contribution >= 4 is 11.9 Å². The Bertz CT molecular complexity index is 315. The lowest BCUT2D eigenvalue weighted by Crippen LogP contribution is -2.40. The molecule has 0 heterocycles. The van der Waals surface area contributed by atoms with Gasteiger partial charge in [-0.1, -0.05) is 0 Å². The van der Waals surface area contributed by atoms with Crippen LogP contribution < -0.4 is 0 Å². The Kier molecular flexibility index (Phi) is 4.94. The zero-order chi connectivity index (χ0) is 13.8. The first-order valence-corrected chi connectivity index (χ1v) is 5.42. The first-order chi connectivity index (χ1) is 8.28. The van der Waals surface area contributed by atoms with Gasteiger partial charge in [-0.25, -0.2) is 0 Å². The largest absolute Gasteiger partial charge is 0.480 e. The molecule has 0 atom stereocenters. The Morgan fingerprint density at radius 2 is 1.94 bits per heavy atom. The van der Waals surface area contributed by atoms with Crippen molar-refractivity contribution in [3.05, 3.63) is 0 Å². The third-order valence-electron chi connectivity index (χ3n) is 2.35. The standard InChI is InChI=1S/C10H14F3NO4/c11-10(12,13)6-18-5-8(15)14(4-9(16)17)3-7-1-2-7/h7H,1-6H2,(H,16,17). The smallest absolute Gasteiger partial charge is 0.411 e. The number of hydrogen-bond donors (Lipinski definition) is 1. The number of carbonyl (C=O) groups is 2. The lowest BCUT2D eigenvalue weighted by atomic mass is 10.3. The van der Waals surface area contributed by atoms with E-state index in [-0.39, 0.29) is 12.5 Å². The molecule has 0 aromatic rings. The van der Waals surface area contributed by atoms with E-state index >= 15 is 0 Å². The van der Waals surface area contributed by atoms with Gasteiger partial charge in [-0.05, 0) is 18.8 Å². The monoisotopic (exact) mass is 269 g/mol. The normalized spacial score (nSPS) is 15.5. The quantitative estimate of drug-likeness (QED) is 0.745. The molecule has 0 radical (unpaired) electrons. The molecule has 0 spiro atoms. The Morgan fingerprint density at radius 1 is 1.33 bits per heavy atom. The van der Waals surface area contributed by atoms with E-state index in [1.807, 2.05) is 0 Å². The van der Waals surface area contributed by atoms with Crippen molar-refractivity contribution in [1.29, 1.82) is 0 Å². The van der Waals surface area contributed by atoms with E-state index in [2.05, 4.69) is 4.74 Å². The van der Waals surface area contributed by atoms with E-state index in [4.69, 9.17) is 5.11 Å². The Hall–Kier alpha value is -1.31. The van der Waals surface area contributed by atoms with Gasteiger partial charge in [0.1, 0.15) is 19.8 Å². The topological polar surface area (TPSA) is 66.8 Å². The molecule has 1 saturated carbocycles. The molecule has 1 N–H and O–H groups in total. The molecule has 18 heavy (non-hydrogen) atoms. The molecule has 0 aromatic heterocycles. The molecule has 0 bridgehead atoms. The van der Waals surface area contributed by atoms with Crippen LogP contribution in [0.2, 0.25) is 0 Å². The first kappa shape index (κ1) is 14.7. The number of nitrogens with zero attached hydrogens (tertiary/aromatic N) is 1. The zero-order valence-corrected chi connectivity index (χ0v) is 9.57. The van der Waals surface area contributed by atoms with Crippen LogP contribution in [0.15, 0.2) is 0 Å². The second kappa shape index (κ2) is 6.03. The van der Waals surface area contributed by atoms with Crippen molar-refractivity contribution in [1.82, 2.24) is 4.90 Å². The molecule has 1 fully saturated rings. The number of aliphatic carboxylic acids is 1. The number of rotatable bonds is 7. The summed E-state index contributed by atoms with van der Waals surface area (Å²) in [6.45, 7) is -2.51. The third-order valence-corrected chi connectivity index (χ3v) is 2.35. The lowest BCUT2D eigenvalue weighted by Gasteiger charge is -2.20. The van der Waals surface area contributed by atoms with Crippen molar-refractivity contribution in [2.75, 3.05) is 26.3 Å². The van der Waals surface area contributed by atoms with Crippen molar-refractivity contribution in [2.45, 2.75) is 19.0 Å². The Balaban J connectivity index is 2.35. The first-order valence-electron chi connectivity index (χ1n) is 5.42. The maximum Gasteiger partial charge on any atom is 0.411 e. The second-order valence-corrected chi connectivity index (χ2v) is 4.22. The van der Waals surface area contributed by atoms with E-state index in [0.717, 1.165) is 17.7 Å². The fraction of sp³-hybridized carbons (Fsp3) is 0.800. The van der Waals surface area contributed by atoms with Crippen LogP contribution in [0.1, 0.15) is 12.8 Å². The van der Waals surface area contributed by atoms with Crippen molar-refractivity contribution in [3.63, 3.8) is 0 Å². The van der Waals surface area contributed by atoms with Crippen molar-refractivity contribution in [2.24, 2.45) is 5.92 Å². The second-order valence-electron chi connectivity index (χ2n) is 4.22. The van der Waals surface area contributed by atoms with E-state index in [1.165, 1.54) is 0 Å². The molecule has 1 rings (SSSR count). The molecule has 1 aliphatic rings. The summed E-state index contributed by atoms with van der Waals surface area (Å²) in [5.74, 6) is -1.66. The van der Waals surface area contributed by atoms with E-state index in [1.54, 1.807) is 0 Å². The highest BCUT2D eigenvalue weighted by Crippen LogP contribution is 2.29. The van der Waals surface area contributed by atoms with Crippen LogP contribution in [0, 0.1) is 5.92 Å². The predicted octanol–water partition coefficient (Wildman–Crippen LogP) is 0.888. The summed E-state index contributed by atoms with van der Waals surface area (Å²) < 4.78 is 39.6. The Labute approximate surface area is 102 Å². The highest BCUT2D eigenvalue weighted by atomic mass is 19.4. The number of ether oxygens (including phenoxy) is 1. The van der Waals surface area contributed by atoms with Gasteiger partial charge in [0.25, 0.3) is 0 Å². The van der Waals surface area contributed by atoms with Gasteiger partial charge in [0, 0.05) is 6.54 Å². The van der Waals surface area contributed by atoms with Crippen LogP contribution >= 0.6 is 0 Å². The maximum absolute atomic E-state index is 11.8. The van der Waals surface area contributed by atoms with E-state index in [0.29, 0.717) is 0 Å². The number of carboxylic acid groups (broad SMARTS) is 1. The maximum atomic E-state index is 11.8. The molecule has 0 unspecified atom stereocenters. The Morgan fingerprint density at radius 3 is 2.39 bits per heavy atom. The fourth-order valence-electron chi connectivity index (χ4n) is 1.38. The van der Waals surface area contributed by atoms with Crippen LogP contribution in [0.3, 0.4) is 0 Å². The summed E-state index contributed by atoms with van der Waals surface area (Å²) >= 11 is 0. The summed E-state index contributed by atoms with van der Waals surface area (Å²) in [5, 5.41) is 8.61. The van der Waals surface area contributed by atoms with Gasteiger partial charge in [0.05, 0.1) is 0 Å². The summed E-state index contributed by atoms with van der Waals surface area (Å²) in [6.07, 6.45) is -2.67. The van der Waals surface area contributed by atoms with Crippen LogP contribution in [-0.4, -0.2) is 54.4 Å². The average molecular weight is 269 g/mol. The van der Waals surface area contributed by atoms with Crippen molar-refractivity contribution in [3.8, 4) is 0 Å². The van der Waals surface area contributed by atoms with Crippen LogP contribution in [0.25, 0.3) is 0 Å². The molecule has 5 nitrogen and oxygen atoms in total. The van der Waals surface area contributed by atoms with E-state index < -0.39 is 37.8 Å². The molecule has 0 aromatic carbocycles. The van der Waals surface area contributed by atoms with Gasteiger partial charge in [0.15, 0.2) is 0 Å². The van der Waals surface area contributed by atoms with Crippen LogP contribution in [0.5, 0.6) is 0 Å².